The Bertz CT molecular complexity index is 933. The third-order valence-corrected chi connectivity index (χ3v) is 4.75. The van der Waals surface area contributed by atoms with Gasteiger partial charge in [0.15, 0.2) is 0 Å². The van der Waals surface area contributed by atoms with Crippen molar-refractivity contribution < 1.29 is 14.3 Å². The zero-order valence-electron chi connectivity index (χ0n) is 14.6. The average Bonchev–Trinajstić information content (AvgIpc) is 3.03. The molecule has 0 saturated heterocycles. The number of aromatic nitrogens is 1. The summed E-state index contributed by atoms with van der Waals surface area (Å²) in [5.41, 5.74) is 3.42. The van der Waals surface area contributed by atoms with E-state index in [0.717, 1.165) is 16.7 Å². The minimum Gasteiger partial charge on any atom is -0.441 e. The van der Waals surface area contributed by atoms with Crippen LogP contribution < -0.4 is 0 Å². The molecule has 1 aliphatic heterocycles. The first-order valence-corrected chi connectivity index (χ1v) is 8.67. The molecule has 0 aliphatic carbocycles. The zero-order valence-corrected chi connectivity index (χ0v) is 14.6. The van der Waals surface area contributed by atoms with Gasteiger partial charge in [0.2, 0.25) is 11.8 Å². The van der Waals surface area contributed by atoms with Crippen LogP contribution in [0.25, 0.3) is 11.5 Å². The van der Waals surface area contributed by atoms with Crippen molar-refractivity contribution in [3.63, 3.8) is 0 Å². The van der Waals surface area contributed by atoms with Gasteiger partial charge in [-0.15, -0.1) is 0 Å². The van der Waals surface area contributed by atoms with Crippen molar-refractivity contribution in [2.75, 3.05) is 6.54 Å². The summed E-state index contributed by atoms with van der Waals surface area (Å²) >= 11 is 0. The van der Waals surface area contributed by atoms with Gasteiger partial charge >= 0.3 is 0 Å². The predicted octanol–water partition coefficient (Wildman–Crippen LogP) is 3.27. The van der Waals surface area contributed by atoms with Gasteiger partial charge in [-0.25, -0.2) is 4.98 Å². The SMILES string of the molecule is Cc1oc(-c2ccccc2)nc1CC(=O)N1Cc2ccccc2[C@H](O)C1. The second-order valence-corrected chi connectivity index (χ2v) is 6.55. The quantitative estimate of drug-likeness (QED) is 0.789. The van der Waals surface area contributed by atoms with E-state index in [1.54, 1.807) is 4.90 Å². The van der Waals surface area contributed by atoms with Crippen LogP contribution in [0.3, 0.4) is 0 Å². The fraction of sp³-hybridized carbons (Fsp3) is 0.238. The van der Waals surface area contributed by atoms with E-state index in [1.165, 1.54) is 0 Å². The minimum absolute atomic E-state index is 0.0606. The summed E-state index contributed by atoms with van der Waals surface area (Å²) in [4.78, 5) is 18.9. The monoisotopic (exact) mass is 348 g/mol. The van der Waals surface area contributed by atoms with E-state index in [4.69, 9.17) is 4.42 Å². The Morgan fingerprint density at radius 2 is 1.92 bits per heavy atom. The molecule has 1 amide bonds. The van der Waals surface area contributed by atoms with E-state index in [-0.39, 0.29) is 12.3 Å². The van der Waals surface area contributed by atoms with Gasteiger partial charge in [0.05, 0.1) is 24.8 Å². The summed E-state index contributed by atoms with van der Waals surface area (Å²) in [5, 5.41) is 10.3. The normalized spacial score (nSPS) is 16.4. The molecule has 1 aromatic heterocycles. The smallest absolute Gasteiger partial charge is 0.229 e. The van der Waals surface area contributed by atoms with Gasteiger partial charge in [-0.3, -0.25) is 4.79 Å². The van der Waals surface area contributed by atoms with Gasteiger partial charge in [-0.05, 0) is 30.2 Å². The zero-order chi connectivity index (χ0) is 18.1. The number of nitrogens with zero attached hydrogens (tertiary/aromatic N) is 2. The topological polar surface area (TPSA) is 66.6 Å². The Morgan fingerprint density at radius 3 is 2.73 bits per heavy atom. The van der Waals surface area contributed by atoms with Crippen LogP contribution in [0.2, 0.25) is 0 Å². The lowest BCUT2D eigenvalue weighted by Crippen LogP contribution is -2.39. The lowest BCUT2D eigenvalue weighted by Gasteiger charge is -2.32. The maximum atomic E-state index is 12.8. The van der Waals surface area contributed by atoms with Crippen LogP contribution >= 0.6 is 0 Å². The number of fused-ring (bicyclic) bond motifs is 1. The van der Waals surface area contributed by atoms with Crippen LogP contribution in [0.15, 0.2) is 59.0 Å². The lowest BCUT2D eigenvalue weighted by molar-refractivity contribution is -0.133. The summed E-state index contributed by atoms with van der Waals surface area (Å²) in [6.45, 7) is 2.63. The number of amides is 1. The largest absolute Gasteiger partial charge is 0.441 e. The first-order valence-electron chi connectivity index (χ1n) is 8.67. The Kier molecular flexibility index (Phi) is 4.31. The molecule has 1 aliphatic rings. The van der Waals surface area contributed by atoms with Crippen LogP contribution in [0.5, 0.6) is 0 Å². The highest BCUT2D eigenvalue weighted by Gasteiger charge is 2.27. The molecule has 5 heteroatoms. The maximum Gasteiger partial charge on any atom is 0.229 e. The number of carbonyl (C=O) groups excluding carboxylic acids is 1. The first-order chi connectivity index (χ1) is 12.6. The standard InChI is InChI=1S/C21H20N2O3/c1-14-18(22-21(26-14)15-7-3-2-4-8-15)11-20(25)23-12-16-9-5-6-10-17(16)19(24)13-23/h2-10,19,24H,11-13H2,1H3/t19-/m1/s1. The highest BCUT2D eigenvalue weighted by atomic mass is 16.4. The van der Waals surface area contributed by atoms with Gasteiger partial charge in [-0.1, -0.05) is 42.5 Å². The van der Waals surface area contributed by atoms with Gasteiger partial charge in [-0.2, -0.15) is 0 Å². The number of hydrogen-bond acceptors (Lipinski definition) is 4. The van der Waals surface area contributed by atoms with Crippen molar-refractivity contribution in [1.29, 1.82) is 0 Å². The first kappa shape index (κ1) is 16.5. The second kappa shape index (κ2) is 6.77. The molecular weight excluding hydrogens is 328 g/mol. The van der Waals surface area contributed by atoms with Crippen LogP contribution in [-0.4, -0.2) is 27.4 Å². The summed E-state index contributed by atoms with van der Waals surface area (Å²) in [5.74, 6) is 1.11. The van der Waals surface area contributed by atoms with E-state index < -0.39 is 6.10 Å². The van der Waals surface area contributed by atoms with Crippen molar-refractivity contribution in [2.45, 2.75) is 26.0 Å². The maximum absolute atomic E-state index is 12.8. The van der Waals surface area contributed by atoms with Gasteiger partial charge in [0, 0.05) is 12.1 Å². The molecule has 0 bridgehead atoms. The Morgan fingerprint density at radius 1 is 1.19 bits per heavy atom. The third kappa shape index (κ3) is 3.13. The fourth-order valence-electron chi connectivity index (χ4n) is 3.32. The summed E-state index contributed by atoms with van der Waals surface area (Å²) in [6.07, 6.45) is -0.487. The van der Waals surface area contributed by atoms with E-state index in [0.29, 0.717) is 30.4 Å². The molecule has 0 fully saturated rings. The van der Waals surface area contributed by atoms with E-state index in [1.807, 2.05) is 61.5 Å². The fourth-order valence-corrected chi connectivity index (χ4v) is 3.32. The van der Waals surface area contributed by atoms with Crippen LogP contribution in [0.4, 0.5) is 0 Å². The molecule has 0 unspecified atom stereocenters. The number of aliphatic hydroxyl groups is 1. The molecule has 26 heavy (non-hydrogen) atoms. The average molecular weight is 348 g/mol. The van der Waals surface area contributed by atoms with Gasteiger partial charge in [0.25, 0.3) is 0 Å². The van der Waals surface area contributed by atoms with Crippen molar-refractivity contribution in [1.82, 2.24) is 9.88 Å². The Hall–Kier alpha value is -2.92. The summed E-state index contributed by atoms with van der Waals surface area (Å²) in [6, 6.07) is 17.3. The van der Waals surface area contributed by atoms with Crippen molar-refractivity contribution in [3.05, 3.63) is 77.2 Å². The van der Waals surface area contributed by atoms with Crippen LogP contribution in [0.1, 0.15) is 28.7 Å². The molecule has 2 aromatic carbocycles. The number of rotatable bonds is 3. The van der Waals surface area contributed by atoms with Crippen LogP contribution in [0, 0.1) is 6.92 Å². The highest BCUT2D eigenvalue weighted by Crippen LogP contribution is 2.27. The number of carbonyl (C=O) groups is 1. The van der Waals surface area contributed by atoms with Gasteiger partial charge in [0.1, 0.15) is 5.76 Å². The van der Waals surface area contributed by atoms with Crippen molar-refractivity contribution in [2.24, 2.45) is 0 Å². The minimum atomic E-state index is -0.651. The Balaban J connectivity index is 1.52. The second-order valence-electron chi connectivity index (χ2n) is 6.55. The van der Waals surface area contributed by atoms with E-state index >= 15 is 0 Å². The molecule has 3 aromatic rings. The third-order valence-electron chi connectivity index (χ3n) is 4.75. The molecule has 0 saturated carbocycles. The number of β-amino-alcohol motifs (C(OH)–C–C–N with tert-alkyl or cyclic N) is 1. The molecule has 0 spiro atoms. The van der Waals surface area contributed by atoms with Gasteiger partial charge < -0.3 is 14.4 Å². The number of benzene rings is 2. The molecule has 132 valence electrons. The summed E-state index contributed by atoms with van der Waals surface area (Å²) in [7, 11) is 0. The number of hydrogen-bond donors (Lipinski definition) is 1. The lowest BCUT2D eigenvalue weighted by atomic mass is 9.97. The number of oxazole rings is 1. The Labute approximate surface area is 151 Å². The van der Waals surface area contributed by atoms with Crippen molar-refractivity contribution in [3.8, 4) is 11.5 Å². The molecule has 2 heterocycles. The highest BCUT2D eigenvalue weighted by molar-refractivity contribution is 5.79. The number of aliphatic hydroxyl groups excluding tert-OH is 1. The molecule has 1 N–H and O–H groups in total. The number of aryl methyl sites for hydroxylation is 1. The van der Waals surface area contributed by atoms with Crippen molar-refractivity contribution >= 4 is 5.91 Å². The molecular formula is C21H20N2O3. The summed E-state index contributed by atoms with van der Waals surface area (Å²) < 4.78 is 5.74. The predicted molar refractivity (Wildman–Crippen MR) is 97.2 cm³/mol. The molecule has 0 radical (unpaired) electrons. The molecule has 5 nitrogen and oxygen atoms in total. The van der Waals surface area contributed by atoms with Crippen LogP contribution in [-0.2, 0) is 17.8 Å². The molecule has 4 rings (SSSR count). The van der Waals surface area contributed by atoms with E-state index in [9.17, 15) is 9.90 Å². The van der Waals surface area contributed by atoms with E-state index in [2.05, 4.69) is 4.98 Å². The molecule has 1 atom stereocenters.